The Bertz CT molecular complexity index is 1080. The molecule has 0 fully saturated rings. The molecule has 3 rings (SSSR count). The SMILES string of the molecule is COc1cc(C)c(C)cc1S(=O)(=O)NCCc1csc(-c2ccc(Cl)cc2)n1. The first-order valence-electron chi connectivity index (χ1n) is 8.65. The number of rotatable bonds is 7. The van der Waals surface area contributed by atoms with Crippen LogP contribution in [-0.4, -0.2) is 27.1 Å². The van der Waals surface area contributed by atoms with Crippen molar-refractivity contribution in [3.63, 3.8) is 0 Å². The second-order valence-electron chi connectivity index (χ2n) is 6.39. The number of sulfonamides is 1. The zero-order valence-corrected chi connectivity index (χ0v) is 18.2. The average molecular weight is 437 g/mol. The van der Waals surface area contributed by atoms with E-state index in [9.17, 15) is 8.42 Å². The number of nitrogens with one attached hydrogen (secondary N) is 1. The molecule has 0 radical (unpaired) electrons. The van der Waals surface area contributed by atoms with Gasteiger partial charge in [-0.15, -0.1) is 11.3 Å². The van der Waals surface area contributed by atoms with Crippen LogP contribution in [0.5, 0.6) is 5.75 Å². The Hall–Kier alpha value is -1.93. The molecule has 0 saturated heterocycles. The Kier molecular flexibility index (Phi) is 6.40. The molecule has 8 heteroatoms. The second kappa shape index (κ2) is 8.61. The zero-order chi connectivity index (χ0) is 20.3. The molecule has 0 aliphatic heterocycles. The maximum absolute atomic E-state index is 12.7. The number of benzene rings is 2. The molecular weight excluding hydrogens is 416 g/mol. The van der Waals surface area contributed by atoms with Crippen molar-refractivity contribution in [2.75, 3.05) is 13.7 Å². The molecule has 0 atom stereocenters. The highest BCUT2D eigenvalue weighted by Crippen LogP contribution is 2.28. The minimum Gasteiger partial charge on any atom is -0.495 e. The first-order valence-corrected chi connectivity index (χ1v) is 11.4. The highest BCUT2D eigenvalue weighted by Gasteiger charge is 2.20. The number of aromatic nitrogens is 1. The third kappa shape index (κ3) is 4.72. The largest absolute Gasteiger partial charge is 0.495 e. The maximum atomic E-state index is 12.7. The third-order valence-electron chi connectivity index (χ3n) is 4.39. The summed E-state index contributed by atoms with van der Waals surface area (Å²) in [6.07, 6.45) is 0.497. The Balaban J connectivity index is 1.68. The summed E-state index contributed by atoms with van der Waals surface area (Å²) >= 11 is 7.44. The van der Waals surface area contributed by atoms with Crippen LogP contribution in [-0.2, 0) is 16.4 Å². The van der Waals surface area contributed by atoms with E-state index in [0.717, 1.165) is 27.4 Å². The molecule has 2 aromatic carbocycles. The van der Waals surface area contributed by atoms with Crippen LogP contribution in [0, 0.1) is 13.8 Å². The lowest BCUT2D eigenvalue weighted by Crippen LogP contribution is -2.26. The molecule has 3 aromatic rings. The minimum absolute atomic E-state index is 0.151. The van der Waals surface area contributed by atoms with E-state index in [-0.39, 0.29) is 11.4 Å². The molecule has 1 aromatic heterocycles. The van der Waals surface area contributed by atoms with Gasteiger partial charge in [-0.25, -0.2) is 18.1 Å². The third-order valence-corrected chi connectivity index (χ3v) is 7.06. The number of nitrogens with zero attached hydrogens (tertiary/aromatic N) is 1. The number of hydrogen-bond donors (Lipinski definition) is 1. The van der Waals surface area contributed by atoms with E-state index >= 15 is 0 Å². The van der Waals surface area contributed by atoms with Crippen molar-refractivity contribution in [3.05, 3.63) is 63.6 Å². The lowest BCUT2D eigenvalue weighted by molar-refractivity contribution is 0.402. The van der Waals surface area contributed by atoms with Crippen LogP contribution in [0.25, 0.3) is 10.6 Å². The number of aryl methyl sites for hydroxylation is 2. The van der Waals surface area contributed by atoms with Crippen molar-refractivity contribution in [1.82, 2.24) is 9.71 Å². The van der Waals surface area contributed by atoms with Gasteiger partial charge < -0.3 is 4.74 Å². The van der Waals surface area contributed by atoms with Crippen molar-refractivity contribution in [1.29, 1.82) is 0 Å². The summed E-state index contributed by atoms with van der Waals surface area (Å²) in [5.74, 6) is 0.342. The Morgan fingerprint density at radius 2 is 1.82 bits per heavy atom. The lowest BCUT2D eigenvalue weighted by Gasteiger charge is -2.13. The zero-order valence-electron chi connectivity index (χ0n) is 15.8. The first-order chi connectivity index (χ1) is 13.3. The van der Waals surface area contributed by atoms with Gasteiger partial charge in [0.1, 0.15) is 15.7 Å². The lowest BCUT2D eigenvalue weighted by atomic mass is 10.1. The van der Waals surface area contributed by atoms with Crippen molar-refractivity contribution in [2.45, 2.75) is 25.2 Å². The van der Waals surface area contributed by atoms with Gasteiger partial charge in [-0.1, -0.05) is 23.7 Å². The number of hydrogen-bond acceptors (Lipinski definition) is 5. The van der Waals surface area contributed by atoms with Crippen molar-refractivity contribution in [2.24, 2.45) is 0 Å². The summed E-state index contributed by atoms with van der Waals surface area (Å²) in [4.78, 5) is 4.73. The highest BCUT2D eigenvalue weighted by atomic mass is 35.5. The number of thiazole rings is 1. The van der Waals surface area contributed by atoms with Gasteiger partial charge >= 0.3 is 0 Å². The van der Waals surface area contributed by atoms with Gasteiger partial charge in [0.2, 0.25) is 10.0 Å². The Labute approximate surface area is 174 Å². The molecule has 28 heavy (non-hydrogen) atoms. The topological polar surface area (TPSA) is 68.3 Å². The molecule has 148 valence electrons. The van der Waals surface area contributed by atoms with E-state index in [1.165, 1.54) is 18.4 Å². The molecule has 5 nitrogen and oxygen atoms in total. The van der Waals surface area contributed by atoms with Crippen molar-refractivity contribution in [3.8, 4) is 16.3 Å². The summed E-state index contributed by atoms with van der Waals surface area (Å²) in [5, 5.41) is 3.50. The van der Waals surface area contributed by atoms with Crippen LogP contribution in [0.3, 0.4) is 0 Å². The normalized spacial score (nSPS) is 11.6. The van der Waals surface area contributed by atoms with Crippen LogP contribution in [0.4, 0.5) is 0 Å². The predicted octanol–water partition coefficient (Wildman–Crippen LogP) is 4.61. The van der Waals surface area contributed by atoms with Gasteiger partial charge in [0.25, 0.3) is 0 Å². The van der Waals surface area contributed by atoms with E-state index in [1.54, 1.807) is 12.1 Å². The summed E-state index contributed by atoms with van der Waals surface area (Å²) in [5.41, 5.74) is 3.70. The van der Waals surface area contributed by atoms with Crippen molar-refractivity contribution >= 4 is 33.0 Å². The van der Waals surface area contributed by atoms with Gasteiger partial charge in [-0.05, 0) is 49.2 Å². The van der Waals surface area contributed by atoms with Crippen LogP contribution < -0.4 is 9.46 Å². The fourth-order valence-corrected chi connectivity index (χ4v) is 4.92. The molecule has 0 unspecified atom stereocenters. The molecule has 0 bridgehead atoms. The Morgan fingerprint density at radius 3 is 2.50 bits per heavy atom. The van der Waals surface area contributed by atoms with E-state index in [2.05, 4.69) is 9.71 Å². The van der Waals surface area contributed by atoms with Crippen LogP contribution in [0.15, 0.2) is 46.7 Å². The fraction of sp³-hybridized carbons (Fsp3) is 0.250. The van der Waals surface area contributed by atoms with Gasteiger partial charge in [0.15, 0.2) is 0 Å². The second-order valence-corrected chi connectivity index (χ2v) is 9.42. The van der Waals surface area contributed by atoms with Gasteiger partial charge in [0.05, 0.1) is 12.8 Å². The highest BCUT2D eigenvalue weighted by molar-refractivity contribution is 7.89. The number of ether oxygens (including phenoxy) is 1. The quantitative estimate of drug-likeness (QED) is 0.587. The number of methoxy groups -OCH3 is 1. The molecule has 0 aliphatic carbocycles. The summed E-state index contributed by atoms with van der Waals surface area (Å²) in [6, 6.07) is 10.9. The predicted molar refractivity (Wildman–Crippen MR) is 114 cm³/mol. The van der Waals surface area contributed by atoms with E-state index in [1.807, 2.05) is 43.5 Å². The summed E-state index contributed by atoms with van der Waals surface area (Å²) < 4.78 is 33.3. The molecule has 1 heterocycles. The van der Waals surface area contributed by atoms with Crippen molar-refractivity contribution < 1.29 is 13.2 Å². The number of halogens is 1. The van der Waals surface area contributed by atoms with Crippen LogP contribution >= 0.6 is 22.9 Å². The van der Waals surface area contributed by atoms with Crippen LogP contribution in [0.2, 0.25) is 5.02 Å². The van der Waals surface area contributed by atoms with E-state index < -0.39 is 10.0 Å². The molecular formula is C20H21ClN2O3S2. The minimum atomic E-state index is -3.68. The van der Waals surface area contributed by atoms with E-state index in [0.29, 0.717) is 17.2 Å². The molecule has 0 amide bonds. The standard InChI is InChI=1S/C20H21ClN2O3S2/c1-13-10-18(26-3)19(11-14(13)2)28(24,25)22-9-8-17-12-27-20(23-17)15-4-6-16(21)7-5-15/h4-7,10-12,22H,8-9H2,1-3H3. The van der Waals surface area contributed by atoms with Gasteiger partial charge in [-0.3, -0.25) is 0 Å². The van der Waals surface area contributed by atoms with Crippen LogP contribution in [0.1, 0.15) is 16.8 Å². The summed E-state index contributed by atoms with van der Waals surface area (Å²) in [6.45, 7) is 4.05. The Morgan fingerprint density at radius 1 is 1.14 bits per heavy atom. The molecule has 0 aliphatic rings. The fourth-order valence-electron chi connectivity index (χ4n) is 2.67. The molecule has 1 N–H and O–H groups in total. The monoisotopic (exact) mass is 436 g/mol. The van der Waals surface area contributed by atoms with Gasteiger partial charge in [0, 0.05) is 28.9 Å². The molecule has 0 saturated carbocycles. The smallest absolute Gasteiger partial charge is 0.244 e. The van der Waals surface area contributed by atoms with Gasteiger partial charge in [-0.2, -0.15) is 0 Å². The maximum Gasteiger partial charge on any atom is 0.244 e. The average Bonchev–Trinajstić information content (AvgIpc) is 3.12. The molecule has 0 spiro atoms. The first kappa shape index (κ1) is 20.8. The summed E-state index contributed by atoms with van der Waals surface area (Å²) in [7, 11) is -2.21. The van der Waals surface area contributed by atoms with E-state index in [4.69, 9.17) is 16.3 Å².